The van der Waals surface area contributed by atoms with Crippen molar-refractivity contribution < 1.29 is 24.3 Å². The van der Waals surface area contributed by atoms with Crippen molar-refractivity contribution in [3.05, 3.63) is 118 Å². The lowest BCUT2D eigenvalue weighted by Crippen LogP contribution is -2.58. The second-order valence-corrected chi connectivity index (χ2v) is 13.2. The Morgan fingerprint density at radius 3 is 2.32 bits per heavy atom. The summed E-state index contributed by atoms with van der Waals surface area (Å²) in [6.07, 6.45) is 4.79. The first-order valence-corrected chi connectivity index (χ1v) is 16.0. The fourth-order valence-corrected chi connectivity index (χ4v) is 8.86. The van der Waals surface area contributed by atoms with Crippen LogP contribution in [0.1, 0.15) is 48.8 Å². The Kier molecular flexibility index (Phi) is 7.04. The monoisotopic (exact) mass is 649 g/mol. The molecule has 6 nitrogen and oxygen atoms in total. The Morgan fingerprint density at radius 1 is 0.909 bits per heavy atom. The van der Waals surface area contributed by atoms with Gasteiger partial charge >= 0.3 is 0 Å². The molecular weight excluding hydrogens is 618 g/mol. The van der Waals surface area contributed by atoms with Crippen LogP contribution in [-0.2, 0) is 24.6 Å². The van der Waals surface area contributed by atoms with Gasteiger partial charge in [0, 0.05) is 34.0 Å². The van der Waals surface area contributed by atoms with Gasteiger partial charge in [-0.25, -0.2) is 0 Å². The van der Waals surface area contributed by atoms with Crippen LogP contribution in [0.15, 0.2) is 101 Å². The normalized spacial score (nSPS) is 29.5. The molecule has 2 amide bonds. The van der Waals surface area contributed by atoms with Gasteiger partial charge in [0.1, 0.15) is 5.75 Å². The highest BCUT2D eigenvalue weighted by Crippen LogP contribution is 2.64. The van der Waals surface area contributed by atoms with Crippen molar-refractivity contribution in [2.45, 2.75) is 37.5 Å². The summed E-state index contributed by atoms with van der Waals surface area (Å²) in [5.41, 5.74) is 1.71. The van der Waals surface area contributed by atoms with Gasteiger partial charge in [0.05, 0.1) is 17.3 Å². The molecule has 0 bridgehead atoms. The minimum atomic E-state index is -1.36. The van der Waals surface area contributed by atoms with Crippen LogP contribution in [-0.4, -0.2) is 39.9 Å². The Labute approximate surface area is 264 Å². The van der Waals surface area contributed by atoms with Crippen LogP contribution < -0.4 is 0 Å². The Hall–Kier alpha value is -4.10. The van der Waals surface area contributed by atoms with Crippen molar-refractivity contribution in [2.24, 2.45) is 23.7 Å². The SMILES string of the molecule is CCCN1C(=O)[C@H]2[C@H](CC=C3[C@H]2C[C@H]2C(=O)C(c4ccccc4)=CC(=O)[C@@]2(c2ccccc2)[C@H]3c2cc(Br)ccc2O)C1=O. The van der Waals surface area contributed by atoms with E-state index in [4.69, 9.17) is 0 Å². The summed E-state index contributed by atoms with van der Waals surface area (Å²) in [6.45, 7) is 2.30. The summed E-state index contributed by atoms with van der Waals surface area (Å²) >= 11 is 3.57. The molecule has 3 aliphatic carbocycles. The zero-order chi connectivity index (χ0) is 30.7. The van der Waals surface area contributed by atoms with Gasteiger partial charge < -0.3 is 5.11 Å². The minimum Gasteiger partial charge on any atom is -0.508 e. The molecule has 0 unspecified atom stereocenters. The lowest BCUT2D eigenvalue weighted by atomic mass is 9.44. The fourth-order valence-electron chi connectivity index (χ4n) is 8.48. The van der Waals surface area contributed by atoms with Gasteiger partial charge in [0.15, 0.2) is 11.6 Å². The number of amides is 2. The zero-order valence-electron chi connectivity index (χ0n) is 24.3. The molecule has 7 rings (SSSR count). The number of rotatable bonds is 5. The second kappa shape index (κ2) is 10.8. The van der Waals surface area contributed by atoms with E-state index in [9.17, 15) is 24.3 Å². The average molecular weight is 651 g/mol. The van der Waals surface area contributed by atoms with E-state index >= 15 is 0 Å². The highest BCUT2D eigenvalue weighted by molar-refractivity contribution is 9.10. The molecule has 3 aromatic carbocycles. The maximum atomic E-state index is 14.9. The van der Waals surface area contributed by atoms with E-state index in [1.807, 2.05) is 79.7 Å². The van der Waals surface area contributed by atoms with Crippen LogP contribution in [0.4, 0.5) is 0 Å². The Balaban J connectivity index is 1.51. The number of carbonyl (C=O) groups is 4. The molecule has 2 fully saturated rings. The minimum absolute atomic E-state index is 0.00967. The van der Waals surface area contributed by atoms with Gasteiger partial charge in [-0.15, -0.1) is 0 Å². The largest absolute Gasteiger partial charge is 0.508 e. The highest BCUT2D eigenvalue weighted by Gasteiger charge is 2.66. The lowest BCUT2D eigenvalue weighted by Gasteiger charge is -2.55. The van der Waals surface area contributed by atoms with Gasteiger partial charge in [0.2, 0.25) is 11.8 Å². The van der Waals surface area contributed by atoms with Crippen molar-refractivity contribution in [2.75, 3.05) is 6.54 Å². The molecule has 1 saturated heterocycles. The number of carbonyl (C=O) groups excluding carboxylic acids is 4. The number of halogens is 1. The number of benzene rings is 3. The number of imide groups is 1. The lowest BCUT2D eigenvalue weighted by molar-refractivity contribution is -0.140. The first-order chi connectivity index (χ1) is 21.3. The summed E-state index contributed by atoms with van der Waals surface area (Å²) in [6, 6.07) is 23.7. The molecule has 0 aromatic heterocycles. The third-order valence-corrected chi connectivity index (χ3v) is 10.7. The third kappa shape index (κ3) is 4.05. The predicted molar refractivity (Wildman–Crippen MR) is 169 cm³/mol. The maximum absolute atomic E-state index is 14.9. The second-order valence-electron chi connectivity index (χ2n) is 12.3. The molecule has 44 heavy (non-hydrogen) atoms. The average Bonchev–Trinajstić information content (AvgIpc) is 3.29. The van der Waals surface area contributed by atoms with Gasteiger partial charge in [-0.1, -0.05) is 95.2 Å². The smallest absolute Gasteiger partial charge is 0.233 e. The number of hydrogen-bond acceptors (Lipinski definition) is 5. The van der Waals surface area contributed by atoms with Crippen molar-refractivity contribution in [3.63, 3.8) is 0 Å². The molecule has 6 atom stereocenters. The summed E-state index contributed by atoms with van der Waals surface area (Å²) in [5.74, 6) is -3.84. The Morgan fingerprint density at radius 2 is 1.61 bits per heavy atom. The van der Waals surface area contributed by atoms with Gasteiger partial charge in [0.25, 0.3) is 0 Å². The number of aromatic hydroxyl groups is 1. The van der Waals surface area contributed by atoms with Crippen LogP contribution in [0.5, 0.6) is 5.75 Å². The molecule has 4 aliphatic rings. The standard InChI is InChI=1S/C37H32BrNO5/c1-2-17-39-35(43)25-15-14-24-27(32(25)36(39)44)19-29-34(42)26(21-9-5-3-6-10-21)20-31(41)37(29,22-11-7-4-8-12-22)33(24)28-18-23(38)13-16-30(28)40/h3-14,16,18,20,25,27,29,32-33,40H,2,15,17,19H2,1H3/t25-,27+,29-,32-,33+,37-/m0/s1. The molecule has 7 heteroatoms. The van der Waals surface area contributed by atoms with Gasteiger partial charge in [-0.2, -0.15) is 0 Å². The molecule has 0 radical (unpaired) electrons. The number of phenols is 1. The number of allylic oxidation sites excluding steroid dienone is 4. The molecule has 1 saturated carbocycles. The number of Topliss-reactive ketones (excluding diaryl/α,β-unsaturated/α-hetero) is 1. The topological polar surface area (TPSA) is 91.8 Å². The van der Waals surface area contributed by atoms with Crippen molar-refractivity contribution >= 4 is 44.9 Å². The van der Waals surface area contributed by atoms with E-state index in [0.29, 0.717) is 41.6 Å². The molecule has 3 aromatic rings. The number of hydrogen-bond donors (Lipinski definition) is 1. The van der Waals surface area contributed by atoms with Crippen molar-refractivity contribution in [3.8, 4) is 5.75 Å². The van der Waals surface area contributed by atoms with Crippen LogP contribution in [0.25, 0.3) is 5.57 Å². The molecule has 0 spiro atoms. The molecule has 222 valence electrons. The van der Waals surface area contributed by atoms with E-state index in [1.165, 1.54) is 11.0 Å². The maximum Gasteiger partial charge on any atom is 0.233 e. The van der Waals surface area contributed by atoms with E-state index in [-0.39, 0.29) is 35.6 Å². The number of likely N-dealkylation sites (tertiary alicyclic amines) is 1. The summed E-state index contributed by atoms with van der Waals surface area (Å²) in [7, 11) is 0. The number of phenolic OH excluding ortho intramolecular Hbond substituents is 1. The van der Waals surface area contributed by atoms with Crippen LogP contribution in [0.3, 0.4) is 0 Å². The predicted octanol–water partition coefficient (Wildman–Crippen LogP) is 6.39. The highest BCUT2D eigenvalue weighted by atomic mass is 79.9. The summed E-state index contributed by atoms with van der Waals surface area (Å²) in [4.78, 5) is 58.6. The van der Waals surface area contributed by atoms with E-state index in [2.05, 4.69) is 15.9 Å². The van der Waals surface area contributed by atoms with Crippen LogP contribution in [0, 0.1) is 23.7 Å². The van der Waals surface area contributed by atoms with E-state index < -0.39 is 35.0 Å². The first-order valence-electron chi connectivity index (χ1n) is 15.2. The van der Waals surface area contributed by atoms with Gasteiger partial charge in [-0.05, 0) is 60.6 Å². The van der Waals surface area contributed by atoms with Crippen LogP contribution in [0.2, 0.25) is 0 Å². The van der Waals surface area contributed by atoms with Gasteiger partial charge in [-0.3, -0.25) is 24.1 Å². The molecule has 1 aliphatic heterocycles. The van der Waals surface area contributed by atoms with E-state index in [1.54, 1.807) is 12.1 Å². The Bertz CT molecular complexity index is 1760. The zero-order valence-corrected chi connectivity index (χ0v) is 25.9. The van der Waals surface area contributed by atoms with E-state index in [0.717, 1.165) is 10.0 Å². The van der Waals surface area contributed by atoms with Crippen molar-refractivity contribution in [1.82, 2.24) is 4.90 Å². The number of nitrogens with zero attached hydrogens (tertiary/aromatic N) is 1. The summed E-state index contributed by atoms with van der Waals surface area (Å²) < 4.78 is 0.720. The first kappa shape index (κ1) is 28.7. The fraction of sp³-hybridized carbons (Fsp3) is 0.297. The van der Waals surface area contributed by atoms with Crippen LogP contribution >= 0.6 is 15.9 Å². The molecular formula is C37H32BrNO5. The molecule has 1 heterocycles. The summed E-state index contributed by atoms with van der Waals surface area (Å²) in [5, 5.41) is 11.4. The number of fused-ring (bicyclic) bond motifs is 4. The number of ketones is 2. The quantitative estimate of drug-likeness (QED) is 0.255. The van der Waals surface area contributed by atoms with Crippen molar-refractivity contribution in [1.29, 1.82) is 0 Å². The molecule has 1 N–H and O–H groups in total. The third-order valence-electron chi connectivity index (χ3n) is 10.2.